The summed E-state index contributed by atoms with van der Waals surface area (Å²) in [6.07, 6.45) is 1.38. The molecule has 0 amide bonds. The lowest BCUT2D eigenvalue weighted by molar-refractivity contribution is 0.0972. The zero-order valence-electron chi connectivity index (χ0n) is 9.42. The fourth-order valence-corrected chi connectivity index (χ4v) is 2.99. The van der Waals surface area contributed by atoms with E-state index in [4.69, 9.17) is 0 Å². The summed E-state index contributed by atoms with van der Waals surface area (Å²) in [4.78, 5) is 35.8. The molecular weight excluding hydrogens is 320 g/mol. The average Bonchev–Trinajstić information content (AvgIpc) is 2.76. The lowest BCUT2D eigenvalue weighted by Crippen LogP contribution is -2.39. The number of aryl methyl sites for hydroxylation is 1. The van der Waals surface area contributed by atoms with E-state index in [0.717, 1.165) is 4.57 Å². The third kappa shape index (κ3) is 2.37. The quantitative estimate of drug-likeness (QED) is 0.797. The number of thiophene rings is 1. The molecule has 0 fully saturated rings. The predicted octanol–water partition coefficient (Wildman–Crippen LogP) is 1.25. The van der Waals surface area contributed by atoms with Crippen molar-refractivity contribution in [2.75, 3.05) is 0 Å². The van der Waals surface area contributed by atoms with Gasteiger partial charge in [0.25, 0.3) is 5.56 Å². The van der Waals surface area contributed by atoms with Crippen molar-refractivity contribution in [2.45, 2.75) is 6.54 Å². The van der Waals surface area contributed by atoms with Crippen LogP contribution in [0.1, 0.15) is 9.67 Å². The first-order valence-corrected chi connectivity index (χ1v) is 6.70. The smallest absolute Gasteiger partial charge is 0.303 e. The Balaban J connectivity index is 2.40. The van der Waals surface area contributed by atoms with Gasteiger partial charge >= 0.3 is 5.69 Å². The van der Waals surface area contributed by atoms with Crippen molar-refractivity contribution < 1.29 is 4.79 Å². The number of hydrogen-bond donors (Lipinski definition) is 0. The van der Waals surface area contributed by atoms with Crippen molar-refractivity contribution >= 4 is 33.0 Å². The fraction of sp³-hybridized carbons (Fsp3) is 0.182. The van der Waals surface area contributed by atoms with E-state index in [2.05, 4.69) is 15.9 Å². The van der Waals surface area contributed by atoms with Crippen molar-refractivity contribution in [2.24, 2.45) is 7.05 Å². The summed E-state index contributed by atoms with van der Waals surface area (Å²) in [5.74, 6) is -0.262. The summed E-state index contributed by atoms with van der Waals surface area (Å²) in [5.41, 5.74) is -0.970. The van der Waals surface area contributed by atoms with Crippen molar-refractivity contribution in [3.63, 3.8) is 0 Å². The molecule has 0 unspecified atom stereocenters. The molecule has 0 N–H and O–H groups in total. The number of nitrogens with zero attached hydrogens (tertiary/aromatic N) is 2. The normalized spacial score (nSPS) is 10.6. The van der Waals surface area contributed by atoms with Crippen molar-refractivity contribution in [1.82, 2.24) is 9.13 Å². The number of carbonyl (C=O) groups is 1. The average molecular weight is 329 g/mol. The monoisotopic (exact) mass is 328 g/mol. The molecule has 0 aliphatic heterocycles. The van der Waals surface area contributed by atoms with Crippen LogP contribution >= 0.6 is 27.3 Å². The van der Waals surface area contributed by atoms with E-state index >= 15 is 0 Å². The van der Waals surface area contributed by atoms with E-state index in [0.29, 0.717) is 9.35 Å². The summed E-state index contributed by atoms with van der Waals surface area (Å²) < 4.78 is 2.87. The summed E-state index contributed by atoms with van der Waals surface area (Å²) in [6.45, 7) is -0.245. The summed E-state index contributed by atoms with van der Waals surface area (Å²) in [6, 6.07) is 3.02. The molecular formula is C11H9BrN2O3S. The minimum absolute atomic E-state index is 0.245. The summed E-state index contributed by atoms with van der Waals surface area (Å²) in [7, 11) is 1.53. The van der Waals surface area contributed by atoms with Gasteiger partial charge in [0.05, 0.1) is 11.4 Å². The third-order valence-corrected chi connectivity index (χ3v) is 4.29. The number of halogens is 1. The van der Waals surface area contributed by atoms with Gasteiger partial charge in [-0.1, -0.05) is 0 Å². The van der Waals surface area contributed by atoms with Crippen LogP contribution in [0.25, 0.3) is 0 Å². The maximum atomic E-state index is 12.0. The van der Waals surface area contributed by atoms with Gasteiger partial charge in [-0.2, -0.15) is 0 Å². The maximum Gasteiger partial charge on any atom is 0.331 e. The highest BCUT2D eigenvalue weighted by Crippen LogP contribution is 2.23. The van der Waals surface area contributed by atoms with Crippen LogP contribution in [0.2, 0.25) is 0 Å². The molecule has 18 heavy (non-hydrogen) atoms. The van der Waals surface area contributed by atoms with Crippen LogP contribution in [0.5, 0.6) is 0 Å². The molecule has 5 nitrogen and oxygen atoms in total. The van der Waals surface area contributed by atoms with Gasteiger partial charge in [0.2, 0.25) is 0 Å². The van der Waals surface area contributed by atoms with Gasteiger partial charge in [-0.05, 0) is 27.4 Å². The molecule has 7 heteroatoms. The molecule has 0 spiro atoms. The number of aromatic nitrogens is 2. The second kappa shape index (κ2) is 5.03. The van der Waals surface area contributed by atoms with E-state index in [9.17, 15) is 14.4 Å². The Hall–Kier alpha value is -1.47. The Kier molecular flexibility index (Phi) is 3.63. The molecule has 0 atom stereocenters. The molecule has 2 aromatic heterocycles. The Morgan fingerprint density at radius 3 is 2.72 bits per heavy atom. The zero-order chi connectivity index (χ0) is 13.3. The highest BCUT2D eigenvalue weighted by molar-refractivity contribution is 9.10. The second-order valence-corrected chi connectivity index (χ2v) is 5.42. The van der Waals surface area contributed by atoms with Gasteiger partial charge in [-0.25, -0.2) is 4.79 Å². The number of rotatable bonds is 3. The first kappa shape index (κ1) is 13.0. The molecule has 0 bridgehead atoms. The standard InChI is InChI=1S/C11H9BrN2O3S/c1-13-4-2-9(16)14(11(13)17)6-8(15)10-7(12)3-5-18-10/h2-5H,6H2,1H3. The molecule has 94 valence electrons. The van der Waals surface area contributed by atoms with Gasteiger partial charge in [0, 0.05) is 23.8 Å². The summed E-state index contributed by atoms with van der Waals surface area (Å²) in [5, 5.41) is 1.77. The minimum Gasteiger partial charge on any atom is -0.303 e. The molecule has 2 rings (SSSR count). The molecule has 0 aromatic carbocycles. The van der Waals surface area contributed by atoms with Crippen LogP contribution < -0.4 is 11.2 Å². The van der Waals surface area contributed by atoms with E-state index in [-0.39, 0.29) is 12.3 Å². The Bertz CT molecular complexity index is 714. The van der Waals surface area contributed by atoms with Crippen molar-refractivity contribution in [3.05, 3.63) is 53.9 Å². The lowest BCUT2D eigenvalue weighted by Gasteiger charge is -2.05. The van der Waals surface area contributed by atoms with Gasteiger partial charge in [0.15, 0.2) is 5.78 Å². The molecule has 0 aliphatic carbocycles. The molecule has 0 aliphatic rings. The molecule has 0 saturated heterocycles. The highest BCUT2D eigenvalue weighted by atomic mass is 79.9. The maximum absolute atomic E-state index is 12.0. The minimum atomic E-state index is -0.497. The van der Waals surface area contributed by atoms with Crippen LogP contribution in [-0.4, -0.2) is 14.9 Å². The van der Waals surface area contributed by atoms with Gasteiger partial charge in [-0.15, -0.1) is 11.3 Å². The Labute approximate surface area is 114 Å². The molecule has 2 aromatic rings. The van der Waals surface area contributed by atoms with Crippen LogP contribution in [0, 0.1) is 0 Å². The Morgan fingerprint density at radius 1 is 1.39 bits per heavy atom. The first-order valence-electron chi connectivity index (χ1n) is 5.03. The number of ketones is 1. The fourth-order valence-electron chi connectivity index (χ4n) is 1.47. The van der Waals surface area contributed by atoms with Crippen LogP contribution in [-0.2, 0) is 13.6 Å². The van der Waals surface area contributed by atoms with Gasteiger partial charge < -0.3 is 4.57 Å². The van der Waals surface area contributed by atoms with E-state index < -0.39 is 11.2 Å². The lowest BCUT2D eigenvalue weighted by atomic mass is 10.3. The SMILES string of the molecule is Cn1ccc(=O)n(CC(=O)c2sccc2Br)c1=O. The number of carbonyl (C=O) groups excluding carboxylic acids is 1. The molecule has 0 saturated carbocycles. The van der Waals surface area contributed by atoms with Crippen molar-refractivity contribution in [1.29, 1.82) is 0 Å². The van der Waals surface area contributed by atoms with Crippen molar-refractivity contribution in [3.8, 4) is 0 Å². The first-order chi connectivity index (χ1) is 8.50. The van der Waals surface area contributed by atoms with E-state index in [1.54, 1.807) is 11.4 Å². The molecule has 0 radical (unpaired) electrons. The predicted molar refractivity (Wildman–Crippen MR) is 72.3 cm³/mol. The van der Waals surface area contributed by atoms with E-state index in [1.807, 2.05) is 0 Å². The van der Waals surface area contributed by atoms with E-state index in [1.165, 1.54) is 35.2 Å². The highest BCUT2D eigenvalue weighted by Gasteiger charge is 2.14. The Morgan fingerprint density at radius 2 is 2.11 bits per heavy atom. The van der Waals surface area contributed by atoms with Crippen LogP contribution in [0.4, 0.5) is 0 Å². The zero-order valence-corrected chi connectivity index (χ0v) is 11.8. The van der Waals surface area contributed by atoms with Crippen LogP contribution in [0.15, 0.2) is 37.8 Å². The number of hydrogen-bond acceptors (Lipinski definition) is 4. The topological polar surface area (TPSA) is 61.1 Å². The van der Waals surface area contributed by atoms with Gasteiger partial charge in [-0.3, -0.25) is 14.2 Å². The number of Topliss-reactive ketones (excluding diaryl/α,β-unsaturated/α-hetero) is 1. The summed E-state index contributed by atoms with van der Waals surface area (Å²) >= 11 is 4.52. The molecule has 2 heterocycles. The van der Waals surface area contributed by atoms with Crippen LogP contribution in [0.3, 0.4) is 0 Å². The second-order valence-electron chi connectivity index (χ2n) is 3.65. The largest absolute Gasteiger partial charge is 0.331 e. The third-order valence-electron chi connectivity index (χ3n) is 2.41. The van der Waals surface area contributed by atoms with Gasteiger partial charge in [0.1, 0.15) is 0 Å².